The van der Waals surface area contributed by atoms with Gasteiger partial charge in [0.25, 0.3) is 0 Å². The van der Waals surface area contributed by atoms with Crippen molar-refractivity contribution >= 4 is 5.91 Å². The molecule has 2 N–H and O–H groups in total. The van der Waals surface area contributed by atoms with Crippen molar-refractivity contribution in [2.24, 2.45) is 11.8 Å². The molecule has 5 nitrogen and oxygen atoms in total. The second-order valence-corrected chi connectivity index (χ2v) is 6.95. The minimum Gasteiger partial charge on any atom is -0.496 e. The summed E-state index contributed by atoms with van der Waals surface area (Å²) in [7, 11) is 1.71. The largest absolute Gasteiger partial charge is 0.496 e. The van der Waals surface area contributed by atoms with Crippen LogP contribution in [0.2, 0.25) is 0 Å². The first kappa shape index (κ1) is 17.2. The number of hydrogen-bond donors (Lipinski definition) is 2. The van der Waals surface area contributed by atoms with Gasteiger partial charge in [0.2, 0.25) is 5.91 Å². The molecule has 0 aliphatic carbocycles. The Kier molecular flexibility index (Phi) is 5.74. The van der Waals surface area contributed by atoms with E-state index < -0.39 is 0 Å². The molecule has 2 aliphatic rings. The van der Waals surface area contributed by atoms with Crippen molar-refractivity contribution < 1.29 is 9.53 Å². The average Bonchev–Trinajstić information content (AvgIpc) is 3.08. The Bertz CT molecular complexity index is 553. The zero-order valence-corrected chi connectivity index (χ0v) is 14.8. The van der Waals surface area contributed by atoms with Gasteiger partial charge in [0, 0.05) is 18.0 Å². The Labute approximate surface area is 144 Å². The normalized spacial score (nSPS) is 21.1. The summed E-state index contributed by atoms with van der Waals surface area (Å²) >= 11 is 0. The number of para-hydroxylation sites is 1. The molecular weight excluding hydrogens is 302 g/mol. The van der Waals surface area contributed by atoms with Crippen molar-refractivity contribution in [3.63, 3.8) is 0 Å². The molecule has 132 valence electrons. The molecule has 1 amide bonds. The highest BCUT2D eigenvalue weighted by Gasteiger charge is 2.30. The molecule has 2 saturated heterocycles. The maximum absolute atomic E-state index is 12.5. The minimum atomic E-state index is 0.0724. The molecular formula is C19H29N3O2. The summed E-state index contributed by atoms with van der Waals surface area (Å²) in [6.07, 6.45) is 2.45. The number of likely N-dealkylation sites (tertiary alicyclic amines) is 1. The Morgan fingerprint density at radius 3 is 2.67 bits per heavy atom. The Morgan fingerprint density at radius 1 is 1.33 bits per heavy atom. The van der Waals surface area contributed by atoms with Crippen LogP contribution in [0.15, 0.2) is 24.3 Å². The van der Waals surface area contributed by atoms with Crippen LogP contribution in [0, 0.1) is 11.8 Å². The number of carbonyl (C=O) groups excluding carboxylic acids is 1. The second-order valence-electron chi connectivity index (χ2n) is 6.95. The molecule has 2 atom stereocenters. The predicted molar refractivity (Wildman–Crippen MR) is 95.1 cm³/mol. The van der Waals surface area contributed by atoms with Crippen molar-refractivity contribution in [2.45, 2.75) is 25.8 Å². The van der Waals surface area contributed by atoms with E-state index in [1.807, 2.05) is 25.1 Å². The first-order chi connectivity index (χ1) is 11.7. The maximum Gasteiger partial charge on any atom is 0.223 e. The van der Waals surface area contributed by atoms with Gasteiger partial charge in [0.1, 0.15) is 5.75 Å². The highest BCUT2D eigenvalue weighted by Crippen LogP contribution is 2.31. The van der Waals surface area contributed by atoms with Gasteiger partial charge < -0.3 is 15.4 Å². The average molecular weight is 331 g/mol. The van der Waals surface area contributed by atoms with Crippen LogP contribution in [-0.2, 0) is 4.79 Å². The molecule has 3 rings (SSSR count). The summed E-state index contributed by atoms with van der Waals surface area (Å²) in [5, 5.41) is 6.44. The van der Waals surface area contributed by atoms with Gasteiger partial charge in [-0.25, -0.2) is 0 Å². The van der Waals surface area contributed by atoms with Crippen molar-refractivity contribution in [3.8, 4) is 5.75 Å². The van der Waals surface area contributed by atoms with Gasteiger partial charge >= 0.3 is 0 Å². The lowest BCUT2D eigenvalue weighted by Crippen LogP contribution is -2.50. The smallest absolute Gasteiger partial charge is 0.223 e. The number of carbonyl (C=O) groups is 1. The van der Waals surface area contributed by atoms with Crippen LogP contribution in [0.5, 0.6) is 5.75 Å². The van der Waals surface area contributed by atoms with E-state index in [0.717, 1.165) is 31.9 Å². The number of nitrogens with zero attached hydrogens (tertiary/aromatic N) is 1. The number of rotatable bonds is 7. The van der Waals surface area contributed by atoms with Crippen molar-refractivity contribution in [1.29, 1.82) is 0 Å². The SMILES string of the molecule is COc1ccccc1C(CNC(=O)C(C)C1CNC1)N1CCCC1. The third-order valence-electron chi connectivity index (χ3n) is 5.48. The van der Waals surface area contributed by atoms with Crippen LogP contribution in [0.4, 0.5) is 0 Å². The van der Waals surface area contributed by atoms with Gasteiger partial charge in [0.05, 0.1) is 13.2 Å². The summed E-state index contributed by atoms with van der Waals surface area (Å²) in [4.78, 5) is 15.0. The van der Waals surface area contributed by atoms with E-state index in [1.165, 1.54) is 18.4 Å². The van der Waals surface area contributed by atoms with Gasteiger partial charge in [-0.2, -0.15) is 0 Å². The molecule has 0 saturated carbocycles. The fourth-order valence-corrected chi connectivity index (χ4v) is 3.67. The van der Waals surface area contributed by atoms with Crippen LogP contribution >= 0.6 is 0 Å². The molecule has 0 spiro atoms. The number of amides is 1. The van der Waals surface area contributed by atoms with E-state index in [-0.39, 0.29) is 17.9 Å². The Balaban J connectivity index is 1.69. The molecule has 2 heterocycles. The van der Waals surface area contributed by atoms with E-state index in [4.69, 9.17) is 4.74 Å². The number of benzene rings is 1. The molecule has 2 unspecified atom stereocenters. The number of hydrogen-bond acceptors (Lipinski definition) is 4. The van der Waals surface area contributed by atoms with Gasteiger partial charge in [0.15, 0.2) is 0 Å². The first-order valence-corrected chi connectivity index (χ1v) is 9.06. The van der Waals surface area contributed by atoms with Gasteiger partial charge in [-0.15, -0.1) is 0 Å². The lowest BCUT2D eigenvalue weighted by molar-refractivity contribution is -0.126. The molecule has 0 radical (unpaired) electrons. The first-order valence-electron chi connectivity index (χ1n) is 9.06. The highest BCUT2D eigenvalue weighted by atomic mass is 16.5. The molecule has 1 aromatic rings. The molecule has 5 heteroatoms. The second kappa shape index (κ2) is 7.99. The third kappa shape index (κ3) is 3.73. The number of nitrogens with one attached hydrogen (secondary N) is 2. The number of methoxy groups -OCH3 is 1. The van der Waals surface area contributed by atoms with Gasteiger partial charge in [-0.1, -0.05) is 25.1 Å². The molecule has 1 aromatic carbocycles. The van der Waals surface area contributed by atoms with Crippen LogP contribution < -0.4 is 15.4 Å². The van der Waals surface area contributed by atoms with E-state index in [1.54, 1.807) is 7.11 Å². The van der Waals surface area contributed by atoms with Gasteiger partial charge in [-0.3, -0.25) is 9.69 Å². The monoisotopic (exact) mass is 331 g/mol. The third-order valence-corrected chi connectivity index (χ3v) is 5.48. The molecule has 2 fully saturated rings. The summed E-state index contributed by atoms with van der Waals surface area (Å²) < 4.78 is 5.56. The van der Waals surface area contributed by atoms with Crippen molar-refractivity contribution in [2.75, 3.05) is 39.8 Å². The summed E-state index contributed by atoms with van der Waals surface area (Å²) in [5.41, 5.74) is 1.17. The molecule has 0 bridgehead atoms. The van der Waals surface area contributed by atoms with Crippen LogP contribution in [0.3, 0.4) is 0 Å². The number of ether oxygens (including phenoxy) is 1. The van der Waals surface area contributed by atoms with Crippen LogP contribution in [0.25, 0.3) is 0 Å². The van der Waals surface area contributed by atoms with Crippen molar-refractivity contribution in [3.05, 3.63) is 29.8 Å². The predicted octanol–water partition coefficient (Wildman–Crippen LogP) is 1.80. The fraction of sp³-hybridized carbons (Fsp3) is 0.632. The summed E-state index contributed by atoms with van der Waals surface area (Å²) in [6.45, 7) is 6.76. The van der Waals surface area contributed by atoms with E-state index in [0.29, 0.717) is 12.5 Å². The van der Waals surface area contributed by atoms with E-state index in [2.05, 4.69) is 21.6 Å². The minimum absolute atomic E-state index is 0.0724. The Morgan fingerprint density at radius 2 is 2.04 bits per heavy atom. The standard InChI is InChI=1S/C19H29N3O2/c1-14(15-11-20-12-15)19(23)21-13-17(22-9-5-6-10-22)16-7-3-4-8-18(16)24-2/h3-4,7-8,14-15,17,20H,5-6,9-13H2,1-2H3,(H,21,23). The Hall–Kier alpha value is -1.59. The maximum atomic E-state index is 12.5. The van der Waals surface area contributed by atoms with Gasteiger partial charge in [-0.05, 0) is 51.0 Å². The lowest BCUT2D eigenvalue weighted by Gasteiger charge is -2.33. The van der Waals surface area contributed by atoms with Crippen molar-refractivity contribution in [1.82, 2.24) is 15.5 Å². The summed E-state index contributed by atoms with van der Waals surface area (Å²) in [6, 6.07) is 8.34. The molecule has 24 heavy (non-hydrogen) atoms. The lowest BCUT2D eigenvalue weighted by atomic mass is 9.88. The van der Waals surface area contributed by atoms with Crippen LogP contribution in [0.1, 0.15) is 31.4 Å². The topological polar surface area (TPSA) is 53.6 Å². The van der Waals surface area contributed by atoms with E-state index >= 15 is 0 Å². The molecule has 2 aliphatic heterocycles. The quantitative estimate of drug-likeness (QED) is 0.800. The zero-order chi connectivity index (χ0) is 16.9. The summed E-state index contributed by atoms with van der Waals surface area (Å²) in [5.74, 6) is 1.62. The van der Waals surface area contributed by atoms with E-state index in [9.17, 15) is 4.79 Å². The zero-order valence-electron chi connectivity index (χ0n) is 14.8. The molecule has 0 aromatic heterocycles. The van der Waals surface area contributed by atoms with Crippen LogP contribution in [-0.4, -0.2) is 50.6 Å². The fourth-order valence-electron chi connectivity index (χ4n) is 3.67. The highest BCUT2D eigenvalue weighted by molar-refractivity contribution is 5.78.